The van der Waals surface area contributed by atoms with Crippen LogP contribution in [0.1, 0.15) is 51.4 Å². The van der Waals surface area contributed by atoms with Gasteiger partial charge in [-0.2, -0.15) is 0 Å². The highest BCUT2D eigenvalue weighted by molar-refractivity contribution is 5.86. The smallest absolute Gasteiger partial charge is 0.315 e. The van der Waals surface area contributed by atoms with Crippen molar-refractivity contribution in [3.63, 3.8) is 0 Å². The van der Waals surface area contributed by atoms with Crippen molar-refractivity contribution in [2.45, 2.75) is 63.5 Å². The van der Waals surface area contributed by atoms with Gasteiger partial charge >= 0.3 is 6.03 Å². The van der Waals surface area contributed by atoms with E-state index in [1.807, 2.05) is 4.90 Å². The maximum Gasteiger partial charge on any atom is 0.315 e. The zero-order chi connectivity index (χ0) is 20.8. The van der Waals surface area contributed by atoms with Crippen molar-refractivity contribution in [1.29, 1.82) is 0 Å². The van der Waals surface area contributed by atoms with Crippen LogP contribution in [0.3, 0.4) is 0 Å². The van der Waals surface area contributed by atoms with Crippen molar-refractivity contribution in [2.24, 2.45) is 5.92 Å². The quantitative estimate of drug-likeness (QED) is 0.732. The minimum Gasteiger partial charge on any atom is -0.344 e. The molecule has 0 aromatic carbocycles. The molecule has 3 fully saturated rings. The molecule has 2 aliphatic heterocycles. The van der Waals surface area contributed by atoms with Crippen molar-refractivity contribution >= 4 is 17.8 Å². The number of piperazine rings is 1. The molecule has 2 atom stereocenters. The minimum absolute atomic E-state index is 0.0117. The molecule has 0 spiro atoms. The fourth-order valence-corrected chi connectivity index (χ4v) is 4.70. The molecule has 8 heteroatoms. The molecule has 3 aliphatic rings. The highest BCUT2D eigenvalue weighted by Gasteiger charge is 2.31. The number of carbonyl (C=O) groups is 3. The topological polar surface area (TPSA) is 85.0 Å². The summed E-state index contributed by atoms with van der Waals surface area (Å²) in [4.78, 5) is 43.9. The molecule has 2 N–H and O–H groups in total. The SMILES string of the molecule is CN1CCN(C(=O)[C@@H]2CCC[C@@H](NC(=O)NC3CCCC3)CN(C)C(=O)C2)CC1. The lowest BCUT2D eigenvalue weighted by Crippen LogP contribution is -2.50. The van der Waals surface area contributed by atoms with E-state index in [4.69, 9.17) is 0 Å². The molecule has 4 amide bonds. The van der Waals surface area contributed by atoms with E-state index in [-0.39, 0.29) is 42.3 Å². The first-order valence-corrected chi connectivity index (χ1v) is 11.2. The number of amides is 4. The summed E-state index contributed by atoms with van der Waals surface area (Å²) >= 11 is 0. The Morgan fingerprint density at radius 1 is 0.862 bits per heavy atom. The molecule has 0 aromatic rings. The number of nitrogens with one attached hydrogen (secondary N) is 2. The minimum atomic E-state index is -0.251. The Balaban J connectivity index is 1.54. The van der Waals surface area contributed by atoms with Crippen LogP contribution >= 0.6 is 0 Å². The zero-order valence-corrected chi connectivity index (χ0v) is 18.0. The predicted molar refractivity (Wildman–Crippen MR) is 111 cm³/mol. The molecule has 0 unspecified atom stereocenters. The molecule has 2 saturated heterocycles. The van der Waals surface area contributed by atoms with Crippen molar-refractivity contribution < 1.29 is 14.4 Å². The molecule has 3 rings (SSSR count). The second kappa shape index (κ2) is 10.3. The third-order valence-corrected chi connectivity index (χ3v) is 6.64. The average molecular weight is 408 g/mol. The molecule has 1 saturated carbocycles. The first-order valence-electron chi connectivity index (χ1n) is 11.2. The van der Waals surface area contributed by atoms with E-state index in [2.05, 4.69) is 22.6 Å². The summed E-state index contributed by atoms with van der Waals surface area (Å²) in [6.07, 6.45) is 7.03. The van der Waals surface area contributed by atoms with Gasteiger partial charge in [0.15, 0.2) is 0 Å². The Bertz CT molecular complexity index is 585. The van der Waals surface area contributed by atoms with Gasteiger partial charge in [0.25, 0.3) is 0 Å². The first kappa shape index (κ1) is 21.9. The Kier molecular flexibility index (Phi) is 7.75. The normalized spacial score (nSPS) is 27.9. The highest BCUT2D eigenvalue weighted by Crippen LogP contribution is 2.22. The number of hydrogen-bond acceptors (Lipinski definition) is 4. The fraction of sp³-hybridized carbons (Fsp3) is 0.857. The molecule has 1 aliphatic carbocycles. The monoisotopic (exact) mass is 407 g/mol. The number of carbonyl (C=O) groups excluding carboxylic acids is 3. The Labute approximate surface area is 174 Å². The van der Waals surface area contributed by atoms with Crippen LogP contribution in [-0.2, 0) is 9.59 Å². The van der Waals surface area contributed by atoms with Gasteiger partial charge in [0, 0.05) is 64.2 Å². The number of likely N-dealkylation sites (N-methyl/N-ethyl adjacent to an activating group) is 2. The van der Waals surface area contributed by atoms with Crippen molar-refractivity contribution in [3.8, 4) is 0 Å². The summed E-state index contributed by atoms with van der Waals surface area (Å²) in [5.74, 6) is -0.146. The number of rotatable bonds is 3. The number of nitrogens with zero attached hydrogens (tertiary/aromatic N) is 3. The molecule has 2 heterocycles. The van der Waals surface area contributed by atoms with E-state index < -0.39 is 0 Å². The molecular formula is C21H37N5O3. The Morgan fingerprint density at radius 2 is 1.48 bits per heavy atom. The molecule has 164 valence electrons. The van der Waals surface area contributed by atoms with Gasteiger partial charge in [0.05, 0.1) is 0 Å². The molecule has 0 aromatic heterocycles. The van der Waals surface area contributed by atoms with Crippen LogP contribution < -0.4 is 10.6 Å². The fourth-order valence-electron chi connectivity index (χ4n) is 4.70. The predicted octanol–water partition coefficient (Wildman–Crippen LogP) is 1.02. The second-order valence-electron chi connectivity index (χ2n) is 9.03. The van der Waals surface area contributed by atoms with Gasteiger partial charge in [-0.05, 0) is 32.7 Å². The summed E-state index contributed by atoms with van der Waals surface area (Å²) < 4.78 is 0. The number of hydrogen-bond donors (Lipinski definition) is 2. The lowest BCUT2D eigenvalue weighted by atomic mass is 9.95. The van der Waals surface area contributed by atoms with Crippen LogP contribution in [0.2, 0.25) is 0 Å². The first-order chi connectivity index (χ1) is 13.9. The lowest BCUT2D eigenvalue weighted by Gasteiger charge is -2.34. The largest absolute Gasteiger partial charge is 0.344 e. The molecule has 29 heavy (non-hydrogen) atoms. The highest BCUT2D eigenvalue weighted by atomic mass is 16.2. The van der Waals surface area contributed by atoms with Gasteiger partial charge < -0.3 is 25.3 Å². The van der Waals surface area contributed by atoms with Gasteiger partial charge in [-0.15, -0.1) is 0 Å². The summed E-state index contributed by atoms with van der Waals surface area (Å²) in [5, 5.41) is 6.12. The third kappa shape index (κ3) is 6.32. The second-order valence-corrected chi connectivity index (χ2v) is 9.03. The molecular weight excluding hydrogens is 370 g/mol. The molecule has 0 radical (unpaired) electrons. The van der Waals surface area contributed by atoms with E-state index >= 15 is 0 Å². The van der Waals surface area contributed by atoms with Crippen LogP contribution in [0.4, 0.5) is 4.79 Å². The maximum absolute atomic E-state index is 13.0. The van der Waals surface area contributed by atoms with Crippen LogP contribution in [-0.4, -0.2) is 91.4 Å². The summed E-state index contributed by atoms with van der Waals surface area (Å²) in [7, 11) is 3.84. The summed E-state index contributed by atoms with van der Waals surface area (Å²) in [6.45, 7) is 3.73. The van der Waals surface area contributed by atoms with E-state index in [0.717, 1.165) is 51.9 Å². The zero-order valence-electron chi connectivity index (χ0n) is 18.0. The van der Waals surface area contributed by atoms with E-state index in [9.17, 15) is 14.4 Å². The Hall–Kier alpha value is -1.83. The van der Waals surface area contributed by atoms with Crippen LogP contribution in [0.15, 0.2) is 0 Å². The summed E-state index contributed by atoms with van der Waals surface area (Å²) in [6, 6.07) is 0.0613. The lowest BCUT2D eigenvalue weighted by molar-refractivity contribution is -0.142. The van der Waals surface area contributed by atoms with Crippen molar-refractivity contribution in [3.05, 3.63) is 0 Å². The molecule has 0 bridgehead atoms. The third-order valence-electron chi connectivity index (χ3n) is 6.64. The van der Waals surface area contributed by atoms with Crippen LogP contribution in [0.25, 0.3) is 0 Å². The van der Waals surface area contributed by atoms with Crippen molar-refractivity contribution in [2.75, 3.05) is 46.8 Å². The van der Waals surface area contributed by atoms with E-state index in [1.165, 1.54) is 12.8 Å². The molecule has 8 nitrogen and oxygen atoms in total. The standard InChI is InChI=1S/C21H37N5O3/c1-24-10-12-26(13-11-24)20(28)16-6-5-9-18(15-25(2)19(27)14-16)23-21(29)22-17-7-3-4-8-17/h16-18H,3-15H2,1-2H3,(H2,22,23,29)/t16-,18-/m1/s1. The maximum atomic E-state index is 13.0. The summed E-state index contributed by atoms with van der Waals surface area (Å²) in [5.41, 5.74) is 0. The van der Waals surface area contributed by atoms with Crippen LogP contribution in [0, 0.1) is 5.92 Å². The van der Waals surface area contributed by atoms with Crippen molar-refractivity contribution in [1.82, 2.24) is 25.3 Å². The van der Waals surface area contributed by atoms with Gasteiger partial charge in [0.1, 0.15) is 0 Å². The van der Waals surface area contributed by atoms with Gasteiger partial charge in [-0.3, -0.25) is 9.59 Å². The Morgan fingerprint density at radius 3 is 2.17 bits per heavy atom. The van der Waals surface area contributed by atoms with Gasteiger partial charge in [-0.1, -0.05) is 19.3 Å². The van der Waals surface area contributed by atoms with E-state index in [0.29, 0.717) is 13.0 Å². The number of urea groups is 1. The van der Waals surface area contributed by atoms with E-state index in [1.54, 1.807) is 11.9 Å². The van der Waals surface area contributed by atoms with Crippen LogP contribution in [0.5, 0.6) is 0 Å². The average Bonchev–Trinajstić information content (AvgIpc) is 3.20. The van der Waals surface area contributed by atoms with Gasteiger partial charge in [-0.25, -0.2) is 4.79 Å². The van der Waals surface area contributed by atoms with Gasteiger partial charge in [0.2, 0.25) is 11.8 Å².